The summed E-state index contributed by atoms with van der Waals surface area (Å²) in [4.78, 5) is 2.41. The first-order valence-corrected chi connectivity index (χ1v) is 11.0. The van der Waals surface area contributed by atoms with Crippen molar-refractivity contribution in [3.05, 3.63) is 56.5 Å². The largest absolute Gasteiger partial charge is 0.493 e. The molecule has 0 bridgehead atoms. The number of hydrogen-bond donors (Lipinski definition) is 1. The molecular formula is C22H29Cl3N2O2. The highest BCUT2D eigenvalue weighted by Gasteiger charge is 2.12. The second kappa shape index (κ2) is 12.5. The number of hydrogen-bond acceptors (Lipinski definition) is 4. The zero-order valence-corrected chi connectivity index (χ0v) is 19.5. The van der Waals surface area contributed by atoms with E-state index < -0.39 is 0 Å². The lowest BCUT2D eigenvalue weighted by Gasteiger charge is -2.18. The molecule has 4 nitrogen and oxygen atoms in total. The van der Waals surface area contributed by atoms with E-state index in [9.17, 15) is 0 Å². The molecule has 29 heavy (non-hydrogen) atoms. The minimum Gasteiger partial charge on any atom is -0.493 e. The average Bonchev–Trinajstić information content (AvgIpc) is 2.71. The van der Waals surface area contributed by atoms with Gasteiger partial charge < -0.3 is 19.7 Å². The molecule has 2 rings (SSSR count). The zero-order chi connectivity index (χ0) is 21.2. The van der Waals surface area contributed by atoms with Crippen LogP contribution in [0.4, 0.5) is 0 Å². The smallest absolute Gasteiger partial charge is 0.163 e. The van der Waals surface area contributed by atoms with Crippen LogP contribution < -0.4 is 14.8 Å². The molecule has 0 heterocycles. The summed E-state index contributed by atoms with van der Waals surface area (Å²) in [5, 5.41) is 5.24. The van der Waals surface area contributed by atoms with E-state index in [0.29, 0.717) is 39.7 Å². The van der Waals surface area contributed by atoms with Crippen LogP contribution in [-0.4, -0.2) is 38.2 Å². The molecule has 2 aromatic carbocycles. The van der Waals surface area contributed by atoms with Crippen molar-refractivity contribution in [1.82, 2.24) is 10.2 Å². The van der Waals surface area contributed by atoms with Gasteiger partial charge in [-0.05, 0) is 56.4 Å². The van der Waals surface area contributed by atoms with Crippen LogP contribution in [0, 0.1) is 0 Å². The fraction of sp³-hybridized carbons (Fsp3) is 0.455. The van der Waals surface area contributed by atoms with Crippen LogP contribution in [0.3, 0.4) is 0 Å². The normalized spacial score (nSPS) is 11.1. The summed E-state index contributed by atoms with van der Waals surface area (Å²) in [5.41, 5.74) is 1.82. The third-order valence-electron chi connectivity index (χ3n) is 4.77. The van der Waals surface area contributed by atoms with E-state index in [1.807, 2.05) is 12.1 Å². The van der Waals surface area contributed by atoms with E-state index in [4.69, 9.17) is 44.3 Å². The van der Waals surface area contributed by atoms with Crippen LogP contribution in [-0.2, 0) is 13.2 Å². The summed E-state index contributed by atoms with van der Waals surface area (Å²) < 4.78 is 11.4. The quantitative estimate of drug-likeness (QED) is 0.391. The standard InChI is InChI=1S/C22H29Cl3N2O2/c1-4-27(5-2)10-6-9-26-14-17-11-21(28-3)22(13-20(17)25)29-15-16-7-8-18(23)12-19(16)24/h7-8,11-13,26H,4-6,9-10,14-15H2,1-3H3. The van der Waals surface area contributed by atoms with Crippen molar-refractivity contribution in [2.45, 2.75) is 33.4 Å². The molecule has 0 saturated heterocycles. The highest BCUT2D eigenvalue weighted by Crippen LogP contribution is 2.34. The summed E-state index contributed by atoms with van der Waals surface area (Å²) in [6.07, 6.45) is 1.10. The number of rotatable bonds is 12. The SMILES string of the molecule is CCN(CC)CCCNCc1cc(OC)c(OCc2ccc(Cl)cc2Cl)cc1Cl. The van der Waals surface area contributed by atoms with Crippen molar-refractivity contribution in [3.63, 3.8) is 0 Å². The lowest BCUT2D eigenvalue weighted by Crippen LogP contribution is -2.27. The first-order valence-electron chi connectivity index (χ1n) is 9.84. The lowest BCUT2D eigenvalue weighted by atomic mass is 10.2. The molecule has 0 aromatic heterocycles. The van der Waals surface area contributed by atoms with Gasteiger partial charge in [0.05, 0.1) is 7.11 Å². The molecule has 160 valence electrons. The highest BCUT2D eigenvalue weighted by atomic mass is 35.5. The Bertz CT molecular complexity index is 783. The van der Waals surface area contributed by atoms with Crippen LogP contribution in [0.15, 0.2) is 30.3 Å². The maximum atomic E-state index is 6.47. The molecule has 0 unspecified atom stereocenters. The van der Waals surface area contributed by atoms with Gasteiger partial charge in [-0.3, -0.25) is 0 Å². The molecule has 2 aromatic rings. The second-order valence-corrected chi connectivity index (χ2v) is 7.93. The molecule has 0 aliphatic rings. The number of ether oxygens (including phenoxy) is 2. The molecule has 0 aliphatic carbocycles. The van der Waals surface area contributed by atoms with Crippen LogP contribution in [0.25, 0.3) is 0 Å². The van der Waals surface area contributed by atoms with Gasteiger partial charge in [0, 0.05) is 33.2 Å². The molecule has 7 heteroatoms. The van der Waals surface area contributed by atoms with Crippen molar-refractivity contribution in [3.8, 4) is 11.5 Å². The van der Waals surface area contributed by atoms with Gasteiger partial charge in [-0.15, -0.1) is 0 Å². The summed E-state index contributed by atoms with van der Waals surface area (Å²) in [7, 11) is 1.62. The fourth-order valence-electron chi connectivity index (χ4n) is 2.97. The first-order chi connectivity index (χ1) is 14.0. The summed E-state index contributed by atoms with van der Waals surface area (Å²) in [5.74, 6) is 1.22. The topological polar surface area (TPSA) is 33.7 Å². The van der Waals surface area contributed by atoms with Crippen LogP contribution >= 0.6 is 34.8 Å². The summed E-state index contributed by atoms with van der Waals surface area (Å²) in [6.45, 7) is 9.55. The molecule has 0 saturated carbocycles. The van der Waals surface area contributed by atoms with E-state index in [1.165, 1.54) is 0 Å². The van der Waals surface area contributed by atoms with E-state index in [2.05, 4.69) is 24.1 Å². The molecule has 0 radical (unpaired) electrons. The van der Waals surface area contributed by atoms with Gasteiger partial charge in [0.25, 0.3) is 0 Å². The van der Waals surface area contributed by atoms with Gasteiger partial charge >= 0.3 is 0 Å². The Morgan fingerprint density at radius 2 is 1.66 bits per heavy atom. The number of methoxy groups -OCH3 is 1. The average molecular weight is 460 g/mol. The zero-order valence-electron chi connectivity index (χ0n) is 17.2. The Kier molecular flexibility index (Phi) is 10.4. The van der Waals surface area contributed by atoms with E-state index in [1.54, 1.807) is 25.3 Å². The van der Waals surface area contributed by atoms with E-state index in [0.717, 1.165) is 43.7 Å². The van der Waals surface area contributed by atoms with Gasteiger partial charge in [0.15, 0.2) is 11.5 Å². The lowest BCUT2D eigenvalue weighted by molar-refractivity contribution is 0.284. The number of halogens is 3. The van der Waals surface area contributed by atoms with Crippen molar-refractivity contribution in [2.75, 3.05) is 33.3 Å². The van der Waals surface area contributed by atoms with Crippen molar-refractivity contribution in [2.24, 2.45) is 0 Å². The predicted octanol–water partition coefficient (Wildman–Crippen LogP) is 6.06. The summed E-state index contributed by atoms with van der Waals surface area (Å²) >= 11 is 18.6. The van der Waals surface area contributed by atoms with E-state index >= 15 is 0 Å². The maximum absolute atomic E-state index is 6.47. The Balaban J connectivity index is 1.94. The Hall–Kier alpha value is -1.17. The van der Waals surface area contributed by atoms with Gasteiger partial charge in [0.2, 0.25) is 0 Å². The Labute approximate surface area is 189 Å². The van der Waals surface area contributed by atoms with Crippen molar-refractivity contribution in [1.29, 1.82) is 0 Å². The highest BCUT2D eigenvalue weighted by molar-refractivity contribution is 6.35. The fourth-order valence-corrected chi connectivity index (χ4v) is 3.65. The third-order valence-corrected chi connectivity index (χ3v) is 5.71. The van der Waals surface area contributed by atoms with Gasteiger partial charge in [-0.25, -0.2) is 0 Å². The predicted molar refractivity (Wildman–Crippen MR) is 123 cm³/mol. The summed E-state index contributed by atoms with van der Waals surface area (Å²) in [6, 6.07) is 9.03. The Morgan fingerprint density at radius 1 is 0.931 bits per heavy atom. The maximum Gasteiger partial charge on any atom is 0.163 e. The van der Waals surface area contributed by atoms with E-state index in [-0.39, 0.29) is 0 Å². The minimum absolute atomic E-state index is 0.297. The molecule has 0 atom stereocenters. The van der Waals surface area contributed by atoms with Crippen molar-refractivity contribution >= 4 is 34.8 Å². The molecular weight excluding hydrogens is 431 g/mol. The molecule has 0 aliphatic heterocycles. The molecule has 0 fully saturated rings. The van der Waals surface area contributed by atoms with Gasteiger partial charge in [-0.2, -0.15) is 0 Å². The number of nitrogens with one attached hydrogen (secondary N) is 1. The number of benzene rings is 2. The first kappa shape index (κ1) is 24.1. The minimum atomic E-state index is 0.297. The monoisotopic (exact) mass is 458 g/mol. The molecule has 0 spiro atoms. The van der Waals surface area contributed by atoms with Gasteiger partial charge in [-0.1, -0.05) is 54.7 Å². The van der Waals surface area contributed by atoms with Gasteiger partial charge in [0.1, 0.15) is 6.61 Å². The third kappa shape index (κ3) is 7.54. The van der Waals surface area contributed by atoms with Crippen molar-refractivity contribution < 1.29 is 9.47 Å². The Morgan fingerprint density at radius 3 is 2.31 bits per heavy atom. The number of nitrogens with zero attached hydrogens (tertiary/aromatic N) is 1. The molecule has 1 N–H and O–H groups in total. The van der Waals surface area contributed by atoms with Crippen LogP contribution in [0.1, 0.15) is 31.4 Å². The van der Waals surface area contributed by atoms with Crippen LogP contribution in [0.2, 0.25) is 15.1 Å². The second-order valence-electron chi connectivity index (χ2n) is 6.68. The molecule has 0 amide bonds. The van der Waals surface area contributed by atoms with Crippen LogP contribution in [0.5, 0.6) is 11.5 Å².